The number of aromatic amines is 1. The number of imidazole rings is 1. The number of pyridine rings is 1. The number of fused-ring (bicyclic) bond motifs is 1. The first-order valence-electron chi connectivity index (χ1n) is 10.2. The number of halogens is 3. The highest BCUT2D eigenvalue weighted by molar-refractivity contribution is 5.64. The summed E-state index contributed by atoms with van der Waals surface area (Å²) in [6.07, 6.45) is -2.30. The van der Waals surface area contributed by atoms with E-state index in [4.69, 9.17) is 9.47 Å². The van der Waals surface area contributed by atoms with Gasteiger partial charge in [0.2, 0.25) is 11.8 Å². The number of anilines is 2. The minimum Gasteiger partial charge on any atom is -0.481 e. The van der Waals surface area contributed by atoms with Crippen molar-refractivity contribution in [3.63, 3.8) is 0 Å². The summed E-state index contributed by atoms with van der Waals surface area (Å²) in [6, 6.07) is 3.46. The lowest BCUT2D eigenvalue weighted by Crippen LogP contribution is -2.38. The van der Waals surface area contributed by atoms with E-state index >= 15 is 0 Å². The summed E-state index contributed by atoms with van der Waals surface area (Å²) in [5.41, 5.74) is -0.346. The molecule has 34 heavy (non-hydrogen) atoms. The third kappa shape index (κ3) is 4.28. The van der Waals surface area contributed by atoms with Gasteiger partial charge in [0.25, 0.3) is 0 Å². The quantitative estimate of drug-likeness (QED) is 0.425. The molecule has 15 heteroatoms. The average molecular weight is 476 g/mol. The molecular formula is C19H19F3N10O2. The number of nitrogens with one attached hydrogen (secondary N) is 2. The topological polar surface area (TPSA) is 131 Å². The molecule has 4 aromatic rings. The molecule has 0 radical (unpaired) electrons. The van der Waals surface area contributed by atoms with Crippen molar-refractivity contribution in [1.82, 2.24) is 39.7 Å². The number of ether oxygens (including phenoxy) is 2. The van der Waals surface area contributed by atoms with Gasteiger partial charge in [-0.25, -0.2) is 14.5 Å². The van der Waals surface area contributed by atoms with Gasteiger partial charge < -0.3 is 24.7 Å². The van der Waals surface area contributed by atoms with Crippen LogP contribution in [-0.4, -0.2) is 73.2 Å². The minimum atomic E-state index is -4.63. The van der Waals surface area contributed by atoms with Gasteiger partial charge in [0, 0.05) is 30.9 Å². The van der Waals surface area contributed by atoms with Gasteiger partial charge in [-0.05, 0) is 6.07 Å². The monoisotopic (exact) mass is 476 g/mol. The highest BCUT2D eigenvalue weighted by Crippen LogP contribution is 2.31. The van der Waals surface area contributed by atoms with Gasteiger partial charge in [0.1, 0.15) is 5.82 Å². The normalized spacial score (nSPS) is 14.5. The summed E-state index contributed by atoms with van der Waals surface area (Å²) in [5, 5.41) is 15.3. The van der Waals surface area contributed by atoms with Crippen molar-refractivity contribution in [2.45, 2.75) is 12.7 Å². The second-order valence-electron chi connectivity index (χ2n) is 7.30. The lowest BCUT2D eigenvalue weighted by molar-refractivity contribution is -0.142. The molecule has 0 bridgehead atoms. The number of alkyl halides is 3. The van der Waals surface area contributed by atoms with Gasteiger partial charge >= 0.3 is 6.18 Å². The van der Waals surface area contributed by atoms with E-state index in [1.54, 1.807) is 23.2 Å². The molecule has 2 N–H and O–H groups in total. The molecule has 0 saturated carbocycles. The Morgan fingerprint density at radius 1 is 1.15 bits per heavy atom. The number of morpholine rings is 1. The van der Waals surface area contributed by atoms with E-state index in [-0.39, 0.29) is 24.0 Å². The SMILES string of the molecule is COc1ccc(-c2nnc(CNc3nc(N4CCOCC4)nn4c(C(F)(F)F)cnc34)[nH]2)cn1. The zero-order chi connectivity index (χ0) is 23.7. The lowest BCUT2D eigenvalue weighted by Gasteiger charge is -2.27. The Morgan fingerprint density at radius 2 is 1.97 bits per heavy atom. The molecule has 5 rings (SSSR count). The van der Waals surface area contributed by atoms with Crippen LogP contribution < -0.4 is 15.0 Å². The molecule has 12 nitrogen and oxygen atoms in total. The summed E-state index contributed by atoms with van der Waals surface area (Å²) < 4.78 is 51.6. The predicted octanol–water partition coefficient (Wildman–Crippen LogP) is 1.78. The van der Waals surface area contributed by atoms with Crippen molar-refractivity contribution in [3.05, 3.63) is 36.0 Å². The molecular weight excluding hydrogens is 457 g/mol. The summed E-state index contributed by atoms with van der Waals surface area (Å²) in [7, 11) is 1.52. The molecule has 1 saturated heterocycles. The van der Waals surface area contributed by atoms with Crippen LogP contribution in [0.15, 0.2) is 24.5 Å². The summed E-state index contributed by atoms with van der Waals surface area (Å²) in [5.74, 6) is 1.67. The Morgan fingerprint density at radius 3 is 2.68 bits per heavy atom. The number of hydrogen-bond donors (Lipinski definition) is 2. The smallest absolute Gasteiger partial charge is 0.435 e. The van der Waals surface area contributed by atoms with Crippen molar-refractivity contribution >= 4 is 17.4 Å². The zero-order valence-electron chi connectivity index (χ0n) is 17.9. The standard InChI is InChI=1S/C19H19F3N10O2/c1-33-14-3-2-11(8-23-14)15-26-13(28-29-15)10-24-16-17-25-9-12(19(20,21)22)32(17)30-18(27-16)31-4-6-34-7-5-31/h2-3,8-9H,4-7,10H2,1H3,(H,24,27,30)(H,26,28,29). The predicted molar refractivity (Wildman–Crippen MR) is 112 cm³/mol. The number of aromatic nitrogens is 8. The maximum atomic E-state index is 13.5. The van der Waals surface area contributed by atoms with Gasteiger partial charge in [-0.3, -0.25) is 0 Å². The Bertz CT molecular complexity index is 1280. The molecule has 1 fully saturated rings. The Balaban J connectivity index is 1.42. The molecule has 5 heterocycles. The molecule has 0 spiro atoms. The average Bonchev–Trinajstić information content (AvgIpc) is 3.50. The van der Waals surface area contributed by atoms with E-state index in [9.17, 15) is 13.2 Å². The van der Waals surface area contributed by atoms with E-state index in [0.717, 1.165) is 10.7 Å². The summed E-state index contributed by atoms with van der Waals surface area (Å²) in [4.78, 5) is 17.3. The fourth-order valence-electron chi connectivity index (χ4n) is 3.39. The number of methoxy groups -OCH3 is 1. The van der Waals surface area contributed by atoms with Crippen molar-refractivity contribution in [2.24, 2.45) is 0 Å². The number of hydrogen-bond acceptors (Lipinski definition) is 10. The molecule has 1 aliphatic heterocycles. The second kappa shape index (κ2) is 8.74. The number of nitrogens with zero attached hydrogens (tertiary/aromatic N) is 8. The molecule has 0 amide bonds. The fraction of sp³-hybridized carbons (Fsp3) is 0.368. The molecule has 0 aliphatic carbocycles. The van der Waals surface area contributed by atoms with Crippen LogP contribution in [0.3, 0.4) is 0 Å². The first-order chi connectivity index (χ1) is 16.4. The van der Waals surface area contributed by atoms with Crippen molar-refractivity contribution < 1.29 is 22.6 Å². The van der Waals surface area contributed by atoms with Gasteiger partial charge in [-0.1, -0.05) is 0 Å². The van der Waals surface area contributed by atoms with Crippen LogP contribution >= 0.6 is 0 Å². The van der Waals surface area contributed by atoms with E-state index < -0.39 is 11.9 Å². The van der Waals surface area contributed by atoms with Crippen molar-refractivity contribution in [1.29, 1.82) is 0 Å². The maximum Gasteiger partial charge on any atom is 0.435 e. The Labute approximate surface area is 190 Å². The van der Waals surface area contributed by atoms with E-state index in [1.165, 1.54) is 7.11 Å². The van der Waals surface area contributed by atoms with Crippen LogP contribution in [0.4, 0.5) is 24.9 Å². The van der Waals surface area contributed by atoms with Crippen LogP contribution in [0.25, 0.3) is 17.0 Å². The van der Waals surface area contributed by atoms with Crippen LogP contribution in [0, 0.1) is 0 Å². The third-order valence-corrected chi connectivity index (χ3v) is 5.11. The van der Waals surface area contributed by atoms with Crippen LogP contribution in [0.1, 0.15) is 11.5 Å². The number of H-pyrrole nitrogens is 1. The second-order valence-corrected chi connectivity index (χ2v) is 7.30. The first-order valence-corrected chi connectivity index (χ1v) is 10.2. The van der Waals surface area contributed by atoms with E-state index in [2.05, 4.69) is 40.5 Å². The Hall–Kier alpha value is -4.01. The van der Waals surface area contributed by atoms with Crippen molar-refractivity contribution in [2.75, 3.05) is 43.6 Å². The Kier molecular flexibility index (Phi) is 5.61. The van der Waals surface area contributed by atoms with E-state index in [1.807, 2.05) is 0 Å². The van der Waals surface area contributed by atoms with Gasteiger partial charge in [0.15, 0.2) is 23.0 Å². The summed E-state index contributed by atoms with van der Waals surface area (Å²) in [6.45, 7) is 1.90. The van der Waals surface area contributed by atoms with Crippen LogP contribution in [0.5, 0.6) is 5.88 Å². The summed E-state index contributed by atoms with van der Waals surface area (Å²) >= 11 is 0. The van der Waals surface area contributed by atoms with Gasteiger partial charge in [0.05, 0.1) is 33.1 Å². The van der Waals surface area contributed by atoms with Gasteiger partial charge in [-0.15, -0.1) is 15.3 Å². The maximum absolute atomic E-state index is 13.5. The van der Waals surface area contributed by atoms with Crippen molar-refractivity contribution in [3.8, 4) is 17.3 Å². The van der Waals surface area contributed by atoms with Crippen LogP contribution in [-0.2, 0) is 17.5 Å². The molecule has 0 unspecified atom stereocenters. The molecule has 0 aromatic carbocycles. The third-order valence-electron chi connectivity index (χ3n) is 5.11. The zero-order valence-corrected chi connectivity index (χ0v) is 17.9. The molecule has 0 atom stereocenters. The first kappa shape index (κ1) is 21.8. The fourth-order valence-corrected chi connectivity index (χ4v) is 3.39. The van der Waals surface area contributed by atoms with E-state index in [0.29, 0.717) is 49.4 Å². The minimum absolute atomic E-state index is 0.0524. The highest BCUT2D eigenvalue weighted by Gasteiger charge is 2.36. The van der Waals surface area contributed by atoms with Gasteiger partial charge in [-0.2, -0.15) is 18.2 Å². The highest BCUT2D eigenvalue weighted by atomic mass is 19.4. The largest absolute Gasteiger partial charge is 0.481 e. The van der Waals surface area contributed by atoms with Crippen LogP contribution in [0.2, 0.25) is 0 Å². The molecule has 178 valence electrons. The molecule has 4 aromatic heterocycles. The number of rotatable bonds is 6. The lowest BCUT2D eigenvalue weighted by atomic mass is 10.3. The molecule has 1 aliphatic rings.